The van der Waals surface area contributed by atoms with Crippen LogP contribution in [0.3, 0.4) is 0 Å². The van der Waals surface area contributed by atoms with Crippen LogP contribution in [0, 0.1) is 5.41 Å². The molecule has 0 aliphatic heterocycles. The highest BCUT2D eigenvalue weighted by Crippen LogP contribution is 2.44. The largest absolute Gasteiger partial charge is 0.396 e. The zero-order valence-electron chi connectivity index (χ0n) is 5.82. The van der Waals surface area contributed by atoms with Crippen LogP contribution in [0.1, 0.15) is 25.7 Å². The third kappa shape index (κ3) is 1.45. The molecule has 1 nitrogen and oxygen atoms in total. The Balaban J connectivity index is 2.33. The Kier molecular flexibility index (Phi) is 2.24. The lowest BCUT2D eigenvalue weighted by molar-refractivity contribution is -0.0186. The summed E-state index contributed by atoms with van der Waals surface area (Å²) in [6.07, 6.45) is 0.158. The van der Waals surface area contributed by atoms with E-state index < -0.39 is 11.8 Å². The van der Waals surface area contributed by atoms with Crippen molar-refractivity contribution in [2.75, 3.05) is 6.61 Å². The lowest BCUT2D eigenvalue weighted by atomic mass is 9.67. The molecule has 1 aliphatic carbocycles. The summed E-state index contributed by atoms with van der Waals surface area (Å²) in [5.74, 6) is 0. The van der Waals surface area contributed by atoms with Crippen molar-refractivity contribution in [2.24, 2.45) is 5.41 Å². The van der Waals surface area contributed by atoms with Gasteiger partial charge in [-0.1, -0.05) is 6.42 Å². The number of aliphatic hydroxyl groups is 1. The Morgan fingerprint density at radius 2 is 2.00 bits per heavy atom. The Morgan fingerprint density at radius 1 is 1.40 bits per heavy atom. The van der Waals surface area contributed by atoms with E-state index in [1.807, 2.05) is 0 Å². The van der Waals surface area contributed by atoms with Crippen LogP contribution in [-0.2, 0) is 0 Å². The summed E-state index contributed by atoms with van der Waals surface area (Å²) in [5, 5.41) is 8.75. The first-order valence-electron chi connectivity index (χ1n) is 3.58. The molecule has 0 spiro atoms. The summed E-state index contributed by atoms with van der Waals surface area (Å²) in [6, 6.07) is 0. The molecule has 0 radical (unpaired) electrons. The second-order valence-electron chi connectivity index (χ2n) is 3.11. The van der Waals surface area contributed by atoms with Gasteiger partial charge in [-0.15, -0.1) is 0 Å². The van der Waals surface area contributed by atoms with Crippen molar-refractivity contribution in [1.82, 2.24) is 0 Å². The van der Waals surface area contributed by atoms with Crippen molar-refractivity contribution in [1.29, 1.82) is 0 Å². The number of hydrogen-bond acceptors (Lipinski definition) is 1. The summed E-state index contributed by atoms with van der Waals surface area (Å²) in [4.78, 5) is 0. The van der Waals surface area contributed by atoms with Crippen molar-refractivity contribution < 1.29 is 13.9 Å². The molecule has 0 heterocycles. The molecule has 1 fully saturated rings. The van der Waals surface area contributed by atoms with Crippen LogP contribution in [-0.4, -0.2) is 18.1 Å². The summed E-state index contributed by atoms with van der Waals surface area (Å²) < 4.78 is 23.7. The standard InChI is InChI=1S/C7H12F2O/c8-6(9)4-7(5-10)2-1-3-7/h6,10H,1-5H2. The average Bonchev–Trinajstić information content (AvgIpc) is 1.78. The quantitative estimate of drug-likeness (QED) is 0.650. The van der Waals surface area contributed by atoms with E-state index in [0.29, 0.717) is 0 Å². The highest BCUT2D eigenvalue weighted by Gasteiger charge is 2.38. The Labute approximate surface area is 59.0 Å². The third-order valence-corrected chi connectivity index (χ3v) is 2.34. The van der Waals surface area contributed by atoms with Crippen LogP contribution in [0.2, 0.25) is 0 Å². The van der Waals surface area contributed by atoms with Gasteiger partial charge >= 0.3 is 0 Å². The number of rotatable bonds is 3. The third-order valence-electron chi connectivity index (χ3n) is 2.34. The Morgan fingerprint density at radius 3 is 2.10 bits per heavy atom. The van der Waals surface area contributed by atoms with E-state index in [4.69, 9.17) is 5.11 Å². The van der Waals surface area contributed by atoms with E-state index >= 15 is 0 Å². The maximum atomic E-state index is 11.8. The first kappa shape index (κ1) is 7.92. The summed E-state index contributed by atoms with van der Waals surface area (Å²) >= 11 is 0. The van der Waals surface area contributed by atoms with Gasteiger partial charge in [0.2, 0.25) is 6.43 Å². The minimum Gasteiger partial charge on any atom is -0.396 e. The van der Waals surface area contributed by atoms with Crippen molar-refractivity contribution in [2.45, 2.75) is 32.1 Å². The lowest BCUT2D eigenvalue weighted by Gasteiger charge is -2.39. The molecule has 0 aromatic rings. The number of aliphatic hydroxyl groups excluding tert-OH is 1. The molecule has 0 amide bonds. The smallest absolute Gasteiger partial charge is 0.239 e. The molecule has 1 rings (SSSR count). The molecule has 0 atom stereocenters. The van der Waals surface area contributed by atoms with E-state index in [1.165, 1.54) is 0 Å². The zero-order chi connectivity index (χ0) is 7.61. The van der Waals surface area contributed by atoms with E-state index in [-0.39, 0.29) is 13.0 Å². The molecule has 3 heteroatoms. The fourth-order valence-electron chi connectivity index (χ4n) is 1.43. The molecule has 0 saturated heterocycles. The van der Waals surface area contributed by atoms with Gasteiger partial charge in [0, 0.05) is 13.0 Å². The highest BCUT2D eigenvalue weighted by atomic mass is 19.3. The van der Waals surface area contributed by atoms with Crippen molar-refractivity contribution in [3.8, 4) is 0 Å². The van der Waals surface area contributed by atoms with E-state index in [9.17, 15) is 8.78 Å². The van der Waals surface area contributed by atoms with Gasteiger partial charge in [-0.05, 0) is 18.3 Å². The summed E-state index contributed by atoms with van der Waals surface area (Å²) in [7, 11) is 0. The fraction of sp³-hybridized carbons (Fsp3) is 1.00. The normalized spacial score (nSPS) is 22.8. The molecule has 1 saturated carbocycles. The molecule has 1 N–H and O–H groups in total. The summed E-state index contributed by atoms with van der Waals surface area (Å²) in [6.45, 7) is -0.0721. The molecule has 0 aromatic carbocycles. The second kappa shape index (κ2) is 2.82. The van der Waals surface area contributed by atoms with E-state index in [1.54, 1.807) is 0 Å². The second-order valence-corrected chi connectivity index (χ2v) is 3.11. The van der Waals surface area contributed by atoms with Crippen LogP contribution in [0.15, 0.2) is 0 Å². The predicted molar refractivity (Wildman–Crippen MR) is 34.0 cm³/mol. The minimum absolute atomic E-state index is 0.0721. The van der Waals surface area contributed by atoms with Gasteiger partial charge in [0.05, 0.1) is 0 Å². The van der Waals surface area contributed by atoms with E-state index in [2.05, 4.69) is 0 Å². The SMILES string of the molecule is OCC1(CC(F)F)CCC1. The molecular weight excluding hydrogens is 138 g/mol. The van der Waals surface area contributed by atoms with Crippen molar-refractivity contribution in [3.05, 3.63) is 0 Å². The number of halogens is 2. The van der Waals surface area contributed by atoms with Crippen LogP contribution < -0.4 is 0 Å². The van der Waals surface area contributed by atoms with Gasteiger partial charge in [0.25, 0.3) is 0 Å². The predicted octanol–water partition coefficient (Wildman–Crippen LogP) is 1.80. The van der Waals surface area contributed by atoms with Crippen LogP contribution in [0.4, 0.5) is 8.78 Å². The Bertz CT molecular complexity index is 105. The van der Waals surface area contributed by atoms with Crippen molar-refractivity contribution >= 4 is 0 Å². The van der Waals surface area contributed by atoms with E-state index in [0.717, 1.165) is 19.3 Å². The zero-order valence-corrected chi connectivity index (χ0v) is 5.82. The topological polar surface area (TPSA) is 20.2 Å². The maximum absolute atomic E-state index is 11.8. The molecule has 10 heavy (non-hydrogen) atoms. The lowest BCUT2D eigenvalue weighted by Crippen LogP contribution is -2.35. The van der Waals surface area contributed by atoms with Crippen LogP contribution in [0.5, 0.6) is 0 Å². The highest BCUT2D eigenvalue weighted by molar-refractivity contribution is 4.87. The van der Waals surface area contributed by atoms with Gasteiger partial charge in [0.1, 0.15) is 0 Å². The van der Waals surface area contributed by atoms with Crippen LogP contribution in [0.25, 0.3) is 0 Å². The molecule has 0 aromatic heterocycles. The number of hydrogen-bond donors (Lipinski definition) is 1. The van der Waals surface area contributed by atoms with Gasteiger partial charge in [-0.25, -0.2) is 8.78 Å². The molecule has 0 bridgehead atoms. The molecule has 0 unspecified atom stereocenters. The Hall–Kier alpha value is -0.180. The molecule has 1 aliphatic rings. The average molecular weight is 150 g/mol. The van der Waals surface area contributed by atoms with Gasteiger partial charge < -0.3 is 5.11 Å². The number of alkyl halides is 2. The fourth-order valence-corrected chi connectivity index (χ4v) is 1.43. The molecule has 60 valence electrons. The summed E-state index contributed by atoms with van der Waals surface area (Å²) in [5.41, 5.74) is -0.409. The van der Waals surface area contributed by atoms with Crippen molar-refractivity contribution in [3.63, 3.8) is 0 Å². The molecular formula is C7H12F2O. The van der Waals surface area contributed by atoms with Crippen LogP contribution >= 0.6 is 0 Å². The maximum Gasteiger partial charge on any atom is 0.239 e. The first-order chi connectivity index (χ1) is 4.68. The van der Waals surface area contributed by atoms with Gasteiger partial charge in [0.15, 0.2) is 0 Å². The van der Waals surface area contributed by atoms with Gasteiger partial charge in [-0.2, -0.15) is 0 Å². The van der Waals surface area contributed by atoms with Gasteiger partial charge in [-0.3, -0.25) is 0 Å². The minimum atomic E-state index is -2.26. The monoisotopic (exact) mass is 150 g/mol. The first-order valence-corrected chi connectivity index (χ1v) is 3.58.